The summed E-state index contributed by atoms with van der Waals surface area (Å²) in [5.41, 5.74) is 8.55. The van der Waals surface area contributed by atoms with Crippen molar-refractivity contribution >= 4 is 12.4 Å². The van der Waals surface area contributed by atoms with Crippen LogP contribution in [0.15, 0.2) is 18.2 Å². The van der Waals surface area contributed by atoms with Gasteiger partial charge in [0.2, 0.25) is 0 Å². The molecule has 2 N–H and O–H groups in total. The van der Waals surface area contributed by atoms with E-state index < -0.39 is 0 Å². The number of fused-ring (bicyclic) bond motifs is 1. The van der Waals surface area contributed by atoms with Gasteiger partial charge in [-0.2, -0.15) is 0 Å². The molecule has 0 aliphatic carbocycles. The second kappa shape index (κ2) is 6.60. The highest BCUT2D eigenvalue weighted by molar-refractivity contribution is 5.85. The Balaban J connectivity index is 0.00000133. The number of halogens is 1. The molecule has 0 spiro atoms. The van der Waals surface area contributed by atoms with Gasteiger partial charge in [0.1, 0.15) is 5.75 Å². The van der Waals surface area contributed by atoms with Crippen LogP contribution in [0.5, 0.6) is 5.75 Å². The lowest BCUT2D eigenvalue weighted by molar-refractivity contribution is 0.329. The molecule has 2 aliphatic rings. The van der Waals surface area contributed by atoms with Crippen molar-refractivity contribution in [3.63, 3.8) is 0 Å². The average Bonchev–Trinajstić information content (AvgIpc) is 3.04. The predicted octanol–water partition coefficient (Wildman–Crippen LogP) is 1.87. The third-order valence-electron chi connectivity index (χ3n) is 4.17. The molecular weight excluding hydrogens is 260 g/mol. The molecule has 0 saturated carbocycles. The first kappa shape index (κ1) is 14.6. The summed E-state index contributed by atoms with van der Waals surface area (Å²) in [7, 11) is 0. The fraction of sp³-hybridized carbons (Fsp3) is 0.600. The highest BCUT2D eigenvalue weighted by Gasteiger charge is 2.20. The van der Waals surface area contributed by atoms with Crippen LogP contribution in [0.25, 0.3) is 0 Å². The van der Waals surface area contributed by atoms with Crippen molar-refractivity contribution in [3.8, 4) is 5.75 Å². The van der Waals surface area contributed by atoms with E-state index in [9.17, 15) is 0 Å². The van der Waals surface area contributed by atoms with Gasteiger partial charge in [0.05, 0.1) is 6.61 Å². The van der Waals surface area contributed by atoms with E-state index >= 15 is 0 Å². The third-order valence-corrected chi connectivity index (χ3v) is 4.17. The lowest BCUT2D eigenvalue weighted by atomic mass is 10.1. The molecule has 2 heterocycles. The van der Waals surface area contributed by atoms with E-state index in [4.69, 9.17) is 10.5 Å². The van der Waals surface area contributed by atoms with Crippen molar-refractivity contribution in [2.75, 3.05) is 32.8 Å². The van der Waals surface area contributed by atoms with Crippen LogP contribution in [-0.2, 0) is 12.8 Å². The van der Waals surface area contributed by atoms with E-state index in [1.165, 1.54) is 30.6 Å². The Morgan fingerprint density at radius 1 is 1.37 bits per heavy atom. The first-order valence-corrected chi connectivity index (χ1v) is 7.02. The van der Waals surface area contributed by atoms with Gasteiger partial charge in [-0.1, -0.05) is 12.1 Å². The van der Waals surface area contributed by atoms with Crippen molar-refractivity contribution in [2.45, 2.75) is 19.3 Å². The van der Waals surface area contributed by atoms with Crippen LogP contribution in [0.1, 0.15) is 17.5 Å². The summed E-state index contributed by atoms with van der Waals surface area (Å²) in [6, 6.07) is 6.66. The summed E-state index contributed by atoms with van der Waals surface area (Å²) in [4.78, 5) is 2.54. The van der Waals surface area contributed by atoms with Crippen LogP contribution >= 0.6 is 12.4 Å². The quantitative estimate of drug-likeness (QED) is 0.916. The van der Waals surface area contributed by atoms with Crippen LogP contribution in [-0.4, -0.2) is 37.7 Å². The summed E-state index contributed by atoms with van der Waals surface area (Å²) in [6.45, 7) is 5.26. The average molecular weight is 283 g/mol. The number of hydrogen-bond acceptors (Lipinski definition) is 3. The molecule has 1 aromatic carbocycles. The topological polar surface area (TPSA) is 38.5 Å². The summed E-state index contributed by atoms with van der Waals surface area (Å²) >= 11 is 0. The van der Waals surface area contributed by atoms with Gasteiger partial charge in [0.15, 0.2) is 0 Å². The van der Waals surface area contributed by atoms with E-state index in [-0.39, 0.29) is 12.4 Å². The second-order valence-corrected chi connectivity index (χ2v) is 5.48. The zero-order valence-electron chi connectivity index (χ0n) is 11.3. The zero-order chi connectivity index (χ0) is 12.4. The fourth-order valence-electron chi connectivity index (χ4n) is 2.99. The molecule has 1 fully saturated rings. The van der Waals surface area contributed by atoms with E-state index in [1.54, 1.807) is 0 Å². The first-order chi connectivity index (χ1) is 8.85. The number of nitrogens with two attached hydrogens (primary N) is 1. The number of rotatable bonds is 4. The molecular formula is C15H23ClN2O. The van der Waals surface area contributed by atoms with Gasteiger partial charge in [-0.05, 0) is 49.0 Å². The fourth-order valence-corrected chi connectivity index (χ4v) is 2.99. The zero-order valence-corrected chi connectivity index (χ0v) is 12.1. The maximum Gasteiger partial charge on any atom is 0.122 e. The van der Waals surface area contributed by atoms with Crippen molar-refractivity contribution < 1.29 is 4.74 Å². The monoisotopic (exact) mass is 282 g/mol. The van der Waals surface area contributed by atoms with Gasteiger partial charge < -0.3 is 15.4 Å². The van der Waals surface area contributed by atoms with E-state index in [0.717, 1.165) is 44.2 Å². The molecule has 0 radical (unpaired) electrons. The Hall–Kier alpha value is -0.770. The minimum absolute atomic E-state index is 0. The van der Waals surface area contributed by atoms with Gasteiger partial charge in [-0.3, -0.25) is 0 Å². The van der Waals surface area contributed by atoms with E-state index in [0.29, 0.717) is 0 Å². The largest absolute Gasteiger partial charge is 0.493 e. The maximum atomic E-state index is 5.72. The molecule has 1 unspecified atom stereocenters. The molecule has 1 aromatic rings. The molecule has 19 heavy (non-hydrogen) atoms. The Labute approximate surface area is 121 Å². The van der Waals surface area contributed by atoms with Crippen LogP contribution in [0.2, 0.25) is 0 Å². The van der Waals surface area contributed by atoms with Gasteiger partial charge in [0.25, 0.3) is 0 Å². The standard InChI is InChI=1S/C15H22N2O.ClH/c16-10-13-4-7-17(11-13)6-3-12-1-2-15-14(9-12)5-8-18-15;/h1-2,9,13H,3-8,10-11,16H2;1H. The Morgan fingerprint density at radius 3 is 3.05 bits per heavy atom. The molecule has 3 nitrogen and oxygen atoms in total. The number of hydrogen-bond donors (Lipinski definition) is 1. The van der Waals surface area contributed by atoms with Crippen LogP contribution in [0, 0.1) is 5.92 Å². The highest BCUT2D eigenvalue weighted by Crippen LogP contribution is 2.26. The molecule has 1 atom stereocenters. The number of likely N-dealkylation sites (tertiary alicyclic amines) is 1. The van der Waals surface area contributed by atoms with Crippen molar-refractivity contribution in [3.05, 3.63) is 29.3 Å². The molecule has 0 amide bonds. The van der Waals surface area contributed by atoms with Gasteiger partial charge in [0, 0.05) is 19.5 Å². The molecule has 2 aliphatic heterocycles. The van der Waals surface area contributed by atoms with Gasteiger partial charge in [-0.25, -0.2) is 0 Å². The molecule has 0 aromatic heterocycles. The van der Waals surface area contributed by atoms with Crippen LogP contribution in [0.4, 0.5) is 0 Å². The van der Waals surface area contributed by atoms with Gasteiger partial charge in [-0.15, -0.1) is 12.4 Å². The number of benzene rings is 1. The number of ether oxygens (including phenoxy) is 1. The molecule has 0 bridgehead atoms. The third kappa shape index (κ3) is 3.41. The SMILES string of the molecule is Cl.NCC1CCN(CCc2ccc3c(c2)CCO3)C1. The molecule has 3 rings (SSSR count). The lowest BCUT2D eigenvalue weighted by Gasteiger charge is -2.15. The van der Waals surface area contributed by atoms with Crippen LogP contribution in [0.3, 0.4) is 0 Å². The normalized spacial score (nSPS) is 21.8. The summed E-state index contributed by atoms with van der Waals surface area (Å²) in [6.07, 6.45) is 3.49. The van der Waals surface area contributed by atoms with Crippen molar-refractivity contribution in [2.24, 2.45) is 11.7 Å². The number of nitrogens with zero attached hydrogens (tertiary/aromatic N) is 1. The van der Waals surface area contributed by atoms with E-state index in [1.807, 2.05) is 0 Å². The maximum absolute atomic E-state index is 5.72. The predicted molar refractivity (Wildman–Crippen MR) is 80.2 cm³/mol. The first-order valence-electron chi connectivity index (χ1n) is 7.02. The molecule has 4 heteroatoms. The minimum atomic E-state index is 0. The Morgan fingerprint density at radius 2 is 2.26 bits per heavy atom. The summed E-state index contributed by atoms with van der Waals surface area (Å²) in [5.74, 6) is 1.81. The minimum Gasteiger partial charge on any atom is -0.493 e. The van der Waals surface area contributed by atoms with Gasteiger partial charge >= 0.3 is 0 Å². The van der Waals surface area contributed by atoms with E-state index in [2.05, 4.69) is 23.1 Å². The summed E-state index contributed by atoms with van der Waals surface area (Å²) < 4.78 is 5.54. The molecule has 106 valence electrons. The summed E-state index contributed by atoms with van der Waals surface area (Å²) in [5, 5.41) is 0. The second-order valence-electron chi connectivity index (χ2n) is 5.48. The Bertz CT molecular complexity index is 425. The Kier molecular flexibility index (Phi) is 5.08. The van der Waals surface area contributed by atoms with Crippen molar-refractivity contribution in [1.82, 2.24) is 4.90 Å². The highest BCUT2D eigenvalue weighted by atomic mass is 35.5. The molecule has 1 saturated heterocycles. The smallest absolute Gasteiger partial charge is 0.122 e. The van der Waals surface area contributed by atoms with Crippen LogP contribution < -0.4 is 10.5 Å². The lowest BCUT2D eigenvalue weighted by Crippen LogP contribution is -2.25. The van der Waals surface area contributed by atoms with Crippen molar-refractivity contribution in [1.29, 1.82) is 0 Å².